The van der Waals surface area contributed by atoms with Gasteiger partial charge in [0.05, 0.1) is 12.3 Å². The number of carbonyl (C=O) groups excluding carboxylic acids is 2. The zero-order valence-corrected chi connectivity index (χ0v) is 13.9. The Balaban J connectivity index is 1.78. The number of carbonyl (C=O) groups is 2. The van der Waals surface area contributed by atoms with Crippen LogP contribution in [0, 0.1) is 5.82 Å². The van der Waals surface area contributed by atoms with E-state index in [9.17, 15) is 14.0 Å². The summed E-state index contributed by atoms with van der Waals surface area (Å²) >= 11 is 1.13. The third kappa shape index (κ3) is 5.65. The van der Waals surface area contributed by atoms with E-state index in [1.54, 1.807) is 0 Å². The van der Waals surface area contributed by atoms with Gasteiger partial charge in [0.1, 0.15) is 5.82 Å². The van der Waals surface area contributed by atoms with Crippen LogP contribution in [0.15, 0.2) is 33.9 Å². The summed E-state index contributed by atoms with van der Waals surface area (Å²) in [5.74, 6) is -0.480. The molecule has 0 atom stereocenters. The highest BCUT2D eigenvalue weighted by Gasteiger charge is 2.11. The molecule has 24 heavy (non-hydrogen) atoms. The monoisotopic (exact) mass is 352 g/mol. The van der Waals surface area contributed by atoms with Crippen molar-refractivity contribution in [3.05, 3.63) is 41.5 Å². The number of aromatic nitrogens is 2. The molecule has 0 aliphatic carbocycles. The van der Waals surface area contributed by atoms with Crippen molar-refractivity contribution in [1.29, 1.82) is 0 Å². The van der Waals surface area contributed by atoms with Crippen LogP contribution >= 0.6 is 11.8 Å². The van der Waals surface area contributed by atoms with Crippen molar-refractivity contribution < 1.29 is 18.4 Å². The van der Waals surface area contributed by atoms with Crippen LogP contribution in [0.3, 0.4) is 0 Å². The summed E-state index contributed by atoms with van der Waals surface area (Å²) in [5, 5.41) is 13.2. The molecular weight excluding hydrogens is 335 g/mol. The molecule has 0 aliphatic rings. The van der Waals surface area contributed by atoms with E-state index in [4.69, 9.17) is 4.42 Å². The maximum absolute atomic E-state index is 12.8. The summed E-state index contributed by atoms with van der Waals surface area (Å²) < 4.78 is 18.1. The number of hydrogen-bond donors (Lipinski definition) is 2. The third-order valence-electron chi connectivity index (χ3n) is 2.85. The lowest BCUT2D eigenvalue weighted by molar-refractivity contribution is -0.118. The standard InChI is InChI=1S/C15H17FN4O3S/c1-2-7-17-12(21)9-24-15-20-19-13(23-15)8-18-14(22)10-3-5-11(16)6-4-10/h3-6H,2,7-9H2,1H3,(H,17,21)(H,18,22). The van der Waals surface area contributed by atoms with Gasteiger partial charge in [-0.1, -0.05) is 18.7 Å². The average Bonchev–Trinajstić information content (AvgIpc) is 3.04. The summed E-state index contributed by atoms with van der Waals surface area (Å²) in [6.07, 6.45) is 0.870. The van der Waals surface area contributed by atoms with E-state index in [0.29, 0.717) is 12.1 Å². The van der Waals surface area contributed by atoms with Gasteiger partial charge in [0.2, 0.25) is 11.8 Å². The number of rotatable bonds is 8. The highest BCUT2D eigenvalue weighted by Crippen LogP contribution is 2.15. The van der Waals surface area contributed by atoms with Crippen molar-refractivity contribution in [1.82, 2.24) is 20.8 Å². The van der Waals surface area contributed by atoms with Gasteiger partial charge in [-0.15, -0.1) is 10.2 Å². The Morgan fingerprint density at radius 2 is 1.96 bits per heavy atom. The normalized spacial score (nSPS) is 10.4. The van der Waals surface area contributed by atoms with Crippen molar-refractivity contribution in [2.75, 3.05) is 12.3 Å². The Bertz CT molecular complexity index is 690. The van der Waals surface area contributed by atoms with Crippen LogP contribution < -0.4 is 10.6 Å². The number of amides is 2. The van der Waals surface area contributed by atoms with E-state index in [0.717, 1.165) is 18.2 Å². The Hall–Kier alpha value is -2.42. The second-order valence-corrected chi connectivity index (χ2v) is 5.72. The lowest BCUT2D eigenvalue weighted by atomic mass is 10.2. The fourth-order valence-corrected chi connectivity index (χ4v) is 2.28. The zero-order valence-electron chi connectivity index (χ0n) is 13.0. The van der Waals surface area contributed by atoms with Gasteiger partial charge in [-0.05, 0) is 30.7 Å². The first-order chi connectivity index (χ1) is 11.6. The van der Waals surface area contributed by atoms with Crippen molar-refractivity contribution in [3.63, 3.8) is 0 Å². The smallest absolute Gasteiger partial charge is 0.277 e. The van der Waals surface area contributed by atoms with Crippen molar-refractivity contribution in [3.8, 4) is 0 Å². The topological polar surface area (TPSA) is 97.1 Å². The highest BCUT2D eigenvalue weighted by molar-refractivity contribution is 7.99. The fourth-order valence-electron chi connectivity index (χ4n) is 1.67. The zero-order chi connectivity index (χ0) is 17.4. The molecule has 1 aromatic heterocycles. The summed E-state index contributed by atoms with van der Waals surface area (Å²) in [4.78, 5) is 23.3. The molecule has 1 heterocycles. The first-order valence-electron chi connectivity index (χ1n) is 7.34. The number of halogens is 1. The largest absolute Gasteiger partial charge is 0.414 e. The van der Waals surface area contributed by atoms with Gasteiger partial charge < -0.3 is 15.1 Å². The van der Waals surface area contributed by atoms with Gasteiger partial charge in [-0.2, -0.15) is 0 Å². The summed E-state index contributed by atoms with van der Waals surface area (Å²) in [7, 11) is 0. The van der Waals surface area contributed by atoms with Crippen LogP contribution in [0.2, 0.25) is 0 Å². The maximum atomic E-state index is 12.8. The molecule has 7 nitrogen and oxygen atoms in total. The van der Waals surface area contributed by atoms with Gasteiger partial charge in [0.15, 0.2) is 0 Å². The van der Waals surface area contributed by atoms with E-state index in [2.05, 4.69) is 20.8 Å². The SMILES string of the molecule is CCCNC(=O)CSc1nnc(CNC(=O)c2ccc(F)cc2)o1. The van der Waals surface area contributed by atoms with Crippen LogP contribution in [0.5, 0.6) is 0 Å². The van der Waals surface area contributed by atoms with Crippen LogP contribution in [0.25, 0.3) is 0 Å². The van der Waals surface area contributed by atoms with Crippen LogP contribution in [0.4, 0.5) is 4.39 Å². The molecule has 0 saturated carbocycles. The molecular formula is C15H17FN4O3S. The molecule has 2 rings (SSSR count). The minimum Gasteiger partial charge on any atom is -0.414 e. The predicted octanol–water partition coefficient (Wildman–Crippen LogP) is 1.76. The lowest BCUT2D eigenvalue weighted by Crippen LogP contribution is -2.25. The second-order valence-electron chi connectivity index (χ2n) is 4.79. The molecule has 1 aromatic carbocycles. The first-order valence-corrected chi connectivity index (χ1v) is 8.32. The predicted molar refractivity (Wildman–Crippen MR) is 85.9 cm³/mol. The molecule has 0 aliphatic heterocycles. The fraction of sp³-hybridized carbons (Fsp3) is 0.333. The number of thioether (sulfide) groups is 1. The van der Waals surface area contributed by atoms with E-state index in [-0.39, 0.29) is 35.2 Å². The first kappa shape index (κ1) is 17.9. The molecule has 9 heteroatoms. The van der Waals surface area contributed by atoms with E-state index >= 15 is 0 Å². The van der Waals surface area contributed by atoms with Crippen molar-refractivity contribution in [2.45, 2.75) is 25.1 Å². The molecule has 2 aromatic rings. The van der Waals surface area contributed by atoms with Crippen LogP contribution in [-0.4, -0.2) is 34.3 Å². The van der Waals surface area contributed by atoms with Gasteiger partial charge in [0, 0.05) is 12.1 Å². The van der Waals surface area contributed by atoms with Crippen LogP contribution in [-0.2, 0) is 11.3 Å². The van der Waals surface area contributed by atoms with Gasteiger partial charge >= 0.3 is 0 Å². The Morgan fingerprint density at radius 3 is 2.67 bits per heavy atom. The second kappa shape index (κ2) is 9.02. The number of nitrogens with one attached hydrogen (secondary N) is 2. The molecule has 0 saturated heterocycles. The van der Waals surface area contributed by atoms with Gasteiger partial charge in [-0.3, -0.25) is 9.59 Å². The van der Waals surface area contributed by atoms with Crippen molar-refractivity contribution >= 4 is 23.6 Å². The van der Waals surface area contributed by atoms with Gasteiger partial charge in [-0.25, -0.2) is 4.39 Å². The Kier molecular flexibility index (Phi) is 6.74. The number of hydrogen-bond acceptors (Lipinski definition) is 6. The highest BCUT2D eigenvalue weighted by atomic mass is 32.2. The quantitative estimate of drug-likeness (QED) is 0.703. The minimum atomic E-state index is -0.409. The van der Waals surface area contributed by atoms with E-state index in [1.165, 1.54) is 24.3 Å². The molecule has 128 valence electrons. The molecule has 0 radical (unpaired) electrons. The maximum Gasteiger partial charge on any atom is 0.277 e. The van der Waals surface area contributed by atoms with Gasteiger partial charge in [0.25, 0.3) is 11.1 Å². The molecule has 0 fully saturated rings. The minimum absolute atomic E-state index is 0.0474. The Morgan fingerprint density at radius 1 is 1.21 bits per heavy atom. The number of nitrogens with zero attached hydrogens (tertiary/aromatic N) is 2. The summed E-state index contributed by atoms with van der Waals surface area (Å²) in [6.45, 7) is 2.65. The van der Waals surface area contributed by atoms with E-state index < -0.39 is 5.82 Å². The van der Waals surface area contributed by atoms with Crippen LogP contribution in [0.1, 0.15) is 29.6 Å². The number of benzene rings is 1. The lowest BCUT2D eigenvalue weighted by Gasteiger charge is -2.02. The summed E-state index contributed by atoms with van der Waals surface area (Å²) in [5.41, 5.74) is 0.332. The Labute approximate surface area is 142 Å². The van der Waals surface area contributed by atoms with Crippen molar-refractivity contribution in [2.24, 2.45) is 0 Å². The molecule has 0 bridgehead atoms. The van der Waals surface area contributed by atoms with E-state index in [1.807, 2.05) is 6.92 Å². The molecule has 2 amide bonds. The summed E-state index contributed by atoms with van der Waals surface area (Å²) in [6, 6.07) is 5.18. The third-order valence-corrected chi connectivity index (χ3v) is 3.67. The molecule has 0 unspecified atom stereocenters. The molecule has 0 spiro atoms. The molecule has 2 N–H and O–H groups in total. The average molecular weight is 352 g/mol.